The van der Waals surface area contributed by atoms with Crippen molar-refractivity contribution in [2.45, 2.75) is 31.8 Å². The summed E-state index contributed by atoms with van der Waals surface area (Å²) >= 11 is 7.74. The molecule has 1 fully saturated rings. The fraction of sp³-hybridized carbons (Fsp3) is 0.389. The standard InChI is InChI=1S/C18H20ClFN2OS/c1-12(21-18(23)14-7-6-13(20)11-15(14)19)17(16-5-4-10-24-16)22-8-2-3-9-22/h4-7,10-12,17H,2-3,8-9H2,1H3,(H,21,23)/p+1/t12-,17-/m0/s1. The van der Waals surface area contributed by atoms with Crippen LogP contribution in [0.2, 0.25) is 5.02 Å². The van der Waals surface area contributed by atoms with Gasteiger partial charge in [0.1, 0.15) is 11.9 Å². The molecule has 1 aromatic heterocycles. The van der Waals surface area contributed by atoms with Crippen molar-refractivity contribution in [1.82, 2.24) is 5.32 Å². The van der Waals surface area contributed by atoms with E-state index in [-0.39, 0.29) is 23.0 Å². The van der Waals surface area contributed by atoms with Gasteiger partial charge in [0.2, 0.25) is 0 Å². The van der Waals surface area contributed by atoms with Crippen LogP contribution < -0.4 is 10.2 Å². The summed E-state index contributed by atoms with van der Waals surface area (Å²) in [4.78, 5) is 15.3. The van der Waals surface area contributed by atoms with Crippen molar-refractivity contribution in [2.75, 3.05) is 13.1 Å². The molecule has 1 saturated heterocycles. The molecule has 3 rings (SSSR count). The first-order valence-electron chi connectivity index (χ1n) is 8.20. The van der Waals surface area contributed by atoms with E-state index in [1.54, 1.807) is 11.3 Å². The van der Waals surface area contributed by atoms with Gasteiger partial charge in [0, 0.05) is 12.8 Å². The zero-order valence-corrected chi connectivity index (χ0v) is 15.1. The van der Waals surface area contributed by atoms with Crippen molar-refractivity contribution >= 4 is 28.8 Å². The van der Waals surface area contributed by atoms with E-state index in [9.17, 15) is 9.18 Å². The van der Waals surface area contributed by atoms with E-state index in [0.29, 0.717) is 5.56 Å². The third kappa shape index (κ3) is 3.79. The van der Waals surface area contributed by atoms with Gasteiger partial charge in [-0.25, -0.2) is 4.39 Å². The number of hydrogen-bond acceptors (Lipinski definition) is 2. The average Bonchev–Trinajstić information content (AvgIpc) is 3.21. The number of benzene rings is 1. The molecule has 2 N–H and O–H groups in total. The van der Waals surface area contributed by atoms with Crippen molar-refractivity contribution in [1.29, 1.82) is 0 Å². The Morgan fingerprint density at radius 3 is 2.71 bits per heavy atom. The SMILES string of the molecule is C[C@H](NC(=O)c1ccc(F)cc1Cl)[C@@H](c1cccs1)[NH+]1CCCC1. The third-order valence-corrected chi connectivity index (χ3v) is 5.84. The highest BCUT2D eigenvalue weighted by Crippen LogP contribution is 2.22. The second-order valence-electron chi connectivity index (χ2n) is 6.24. The molecule has 128 valence electrons. The first kappa shape index (κ1) is 17.4. The first-order chi connectivity index (χ1) is 11.6. The smallest absolute Gasteiger partial charge is 0.253 e. The molecule has 1 aromatic carbocycles. The molecule has 0 spiro atoms. The molecular formula is C18H21ClFN2OS+. The van der Waals surface area contributed by atoms with Crippen LogP contribution in [0, 0.1) is 5.82 Å². The summed E-state index contributed by atoms with van der Waals surface area (Å²) in [7, 11) is 0. The van der Waals surface area contributed by atoms with Crippen LogP contribution in [-0.2, 0) is 0 Å². The summed E-state index contributed by atoms with van der Waals surface area (Å²) in [5.41, 5.74) is 0.311. The maximum absolute atomic E-state index is 13.2. The number of nitrogens with one attached hydrogen (secondary N) is 2. The number of halogens is 2. The third-order valence-electron chi connectivity index (χ3n) is 4.57. The molecule has 2 heterocycles. The van der Waals surface area contributed by atoms with Gasteiger partial charge < -0.3 is 10.2 Å². The lowest BCUT2D eigenvalue weighted by Gasteiger charge is -2.29. The van der Waals surface area contributed by atoms with E-state index < -0.39 is 5.82 Å². The first-order valence-corrected chi connectivity index (χ1v) is 9.46. The Labute approximate surface area is 150 Å². The minimum atomic E-state index is -0.442. The van der Waals surface area contributed by atoms with Crippen LogP contribution >= 0.6 is 22.9 Å². The van der Waals surface area contributed by atoms with E-state index >= 15 is 0 Å². The highest BCUT2D eigenvalue weighted by atomic mass is 35.5. The lowest BCUT2D eigenvalue weighted by molar-refractivity contribution is -0.920. The van der Waals surface area contributed by atoms with Gasteiger partial charge in [-0.3, -0.25) is 4.79 Å². The lowest BCUT2D eigenvalue weighted by Crippen LogP contribution is -3.11. The zero-order chi connectivity index (χ0) is 17.1. The molecule has 0 radical (unpaired) electrons. The van der Waals surface area contributed by atoms with Crippen LogP contribution in [0.3, 0.4) is 0 Å². The molecule has 1 aliphatic rings. The second kappa shape index (κ2) is 7.64. The van der Waals surface area contributed by atoms with Gasteiger partial charge in [-0.2, -0.15) is 0 Å². The van der Waals surface area contributed by atoms with Crippen LogP contribution in [-0.4, -0.2) is 25.0 Å². The molecule has 1 amide bonds. The molecule has 0 unspecified atom stereocenters. The minimum Gasteiger partial charge on any atom is -0.343 e. The Kier molecular flexibility index (Phi) is 5.54. The number of hydrogen-bond donors (Lipinski definition) is 2. The maximum atomic E-state index is 13.2. The van der Waals surface area contributed by atoms with Crippen molar-refractivity contribution in [3.05, 3.63) is 57.0 Å². The lowest BCUT2D eigenvalue weighted by atomic mass is 10.1. The Hall–Kier alpha value is -1.43. The summed E-state index contributed by atoms with van der Waals surface area (Å²) < 4.78 is 13.2. The van der Waals surface area contributed by atoms with Crippen LogP contribution in [0.4, 0.5) is 4.39 Å². The van der Waals surface area contributed by atoms with Crippen LogP contribution in [0.25, 0.3) is 0 Å². The van der Waals surface area contributed by atoms with E-state index in [1.165, 1.54) is 40.8 Å². The average molecular weight is 368 g/mol. The van der Waals surface area contributed by atoms with Crippen molar-refractivity contribution < 1.29 is 14.1 Å². The zero-order valence-electron chi connectivity index (χ0n) is 13.5. The number of quaternary nitrogens is 1. The Morgan fingerprint density at radius 2 is 2.08 bits per heavy atom. The quantitative estimate of drug-likeness (QED) is 0.836. The molecule has 2 aromatic rings. The molecule has 6 heteroatoms. The van der Waals surface area contributed by atoms with Crippen LogP contribution in [0.5, 0.6) is 0 Å². The monoisotopic (exact) mass is 367 g/mol. The number of amides is 1. The van der Waals surface area contributed by atoms with Crippen molar-refractivity contribution in [3.8, 4) is 0 Å². The normalized spacial score (nSPS) is 17.6. The predicted molar refractivity (Wildman–Crippen MR) is 95.3 cm³/mol. The molecule has 0 aliphatic carbocycles. The number of carbonyl (C=O) groups is 1. The number of thiophene rings is 1. The van der Waals surface area contributed by atoms with Gasteiger partial charge >= 0.3 is 0 Å². The number of rotatable bonds is 5. The molecule has 3 nitrogen and oxygen atoms in total. The fourth-order valence-corrected chi connectivity index (χ4v) is 4.69. The van der Waals surface area contributed by atoms with Gasteiger partial charge in [-0.15, -0.1) is 11.3 Å². The summed E-state index contributed by atoms with van der Waals surface area (Å²) in [6.07, 6.45) is 2.45. The van der Waals surface area contributed by atoms with Gasteiger partial charge in [0.05, 0.1) is 34.6 Å². The Balaban J connectivity index is 1.77. The molecule has 0 saturated carbocycles. The highest BCUT2D eigenvalue weighted by Gasteiger charge is 2.34. The Morgan fingerprint density at radius 1 is 1.33 bits per heavy atom. The van der Waals surface area contributed by atoms with E-state index in [4.69, 9.17) is 11.6 Å². The maximum Gasteiger partial charge on any atom is 0.253 e. The van der Waals surface area contributed by atoms with Crippen LogP contribution in [0.15, 0.2) is 35.7 Å². The van der Waals surface area contributed by atoms with Gasteiger partial charge in [-0.05, 0) is 36.6 Å². The molecule has 1 aliphatic heterocycles. The molecular weight excluding hydrogens is 347 g/mol. The van der Waals surface area contributed by atoms with Crippen LogP contribution in [0.1, 0.15) is 41.0 Å². The molecule has 24 heavy (non-hydrogen) atoms. The van der Waals surface area contributed by atoms with Crippen molar-refractivity contribution in [3.63, 3.8) is 0 Å². The summed E-state index contributed by atoms with van der Waals surface area (Å²) in [5.74, 6) is -0.699. The van der Waals surface area contributed by atoms with Crippen molar-refractivity contribution in [2.24, 2.45) is 0 Å². The largest absolute Gasteiger partial charge is 0.343 e. The number of carbonyl (C=O) groups excluding carboxylic acids is 1. The topological polar surface area (TPSA) is 33.5 Å². The number of likely N-dealkylation sites (tertiary alicyclic amines) is 1. The van der Waals surface area contributed by atoms with E-state index in [0.717, 1.165) is 13.1 Å². The minimum absolute atomic E-state index is 0.0367. The second-order valence-corrected chi connectivity index (χ2v) is 7.63. The fourth-order valence-electron chi connectivity index (χ4n) is 3.45. The summed E-state index contributed by atoms with van der Waals surface area (Å²) in [5, 5.41) is 5.27. The summed E-state index contributed by atoms with van der Waals surface area (Å²) in [6, 6.07) is 8.24. The summed E-state index contributed by atoms with van der Waals surface area (Å²) in [6.45, 7) is 4.28. The Bertz CT molecular complexity index is 701. The van der Waals surface area contributed by atoms with Gasteiger partial charge in [0.25, 0.3) is 5.91 Å². The van der Waals surface area contributed by atoms with E-state index in [2.05, 4.69) is 16.8 Å². The molecule has 2 atom stereocenters. The predicted octanol–water partition coefficient (Wildman–Crippen LogP) is 3.08. The van der Waals surface area contributed by atoms with E-state index in [1.807, 2.05) is 13.0 Å². The van der Waals surface area contributed by atoms with Gasteiger partial charge in [0.15, 0.2) is 0 Å². The highest BCUT2D eigenvalue weighted by molar-refractivity contribution is 7.10. The molecule has 0 bridgehead atoms. The van der Waals surface area contributed by atoms with Gasteiger partial charge in [-0.1, -0.05) is 17.7 Å².